The van der Waals surface area contributed by atoms with Gasteiger partial charge in [0, 0.05) is 0 Å². The van der Waals surface area contributed by atoms with Crippen LogP contribution in [0, 0.1) is 6.92 Å². The highest BCUT2D eigenvalue weighted by Gasteiger charge is 2.12. The Morgan fingerprint density at radius 3 is 2.62 bits per heavy atom. The molecule has 0 spiro atoms. The molecule has 13 heavy (non-hydrogen) atoms. The van der Waals surface area contributed by atoms with E-state index >= 15 is 0 Å². The lowest BCUT2D eigenvalue weighted by molar-refractivity contribution is 0.425. The van der Waals surface area contributed by atoms with E-state index in [4.69, 9.17) is 15.9 Å². The third kappa shape index (κ3) is 2.30. The molecule has 1 aromatic rings. The first-order chi connectivity index (χ1) is 6.15. The van der Waals surface area contributed by atoms with Crippen LogP contribution in [0.25, 0.3) is 0 Å². The summed E-state index contributed by atoms with van der Waals surface area (Å²) in [5.41, 5.74) is 2.13. The number of rotatable bonds is 2. The predicted molar refractivity (Wildman–Crippen MR) is 52.8 cm³/mol. The third-order valence-electron chi connectivity index (χ3n) is 1.80. The topological polar surface area (TPSA) is 78.8 Å². The minimum atomic E-state index is -1.43. The van der Waals surface area contributed by atoms with Gasteiger partial charge in [0.15, 0.2) is 0 Å². The normalized spacial score (nSPS) is 10.7. The molecular formula is C8H11BN2O2. The molecule has 0 aliphatic heterocycles. The Kier molecular flexibility index (Phi) is 3.05. The Morgan fingerprint density at radius 1 is 1.46 bits per heavy atom. The summed E-state index contributed by atoms with van der Waals surface area (Å²) in [6.07, 6.45) is 1.50. The first kappa shape index (κ1) is 9.76. The van der Waals surface area contributed by atoms with Crippen molar-refractivity contribution in [3.63, 3.8) is 0 Å². The Morgan fingerprint density at radius 2 is 2.15 bits per heavy atom. The van der Waals surface area contributed by atoms with E-state index in [1.165, 1.54) is 6.21 Å². The van der Waals surface area contributed by atoms with Crippen molar-refractivity contribution in [2.75, 3.05) is 0 Å². The monoisotopic (exact) mass is 178 g/mol. The average molecular weight is 178 g/mol. The van der Waals surface area contributed by atoms with Gasteiger partial charge in [0.25, 0.3) is 0 Å². The number of hydrogen-bond acceptors (Lipinski definition) is 4. The lowest BCUT2D eigenvalue weighted by Gasteiger charge is -2.04. The van der Waals surface area contributed by atoms with Crippen molar-refractivity contribution in [3.05, 3.63) is 29.3 Å². The zero-order valence-corrected chi connectivity index (χ0v) is 7.31. The zero-order chi connectivity index (χ0) is 9.84. The summed E-state index contributed by atoms with van der Waals surface area (Å²) in [4.78, 5) is 0. The van der Waals surface area contributed by atoms with Crippen molar-refractivity contribution >= 4 is 18.8 Å². The smallest absolute Gasteiger partial charge is 0.423 e. The number of benzene rings is 1. The van der Waals surface area contributed by atoms with Gasteiger partial charge in [-0.3, -0.25) is 0 Å². The van der Waals surface area contributed by atoms with Gasteiger partial charge in [0.05, 0.1) is 6.21 Å². The summed E-state index contributed by atoms with van der Waals surface area (Å²) in [5.74, 6) is 4.98. The summed E-state index contributed by atoms with van der Waals surface area (Å²) in [5, 5.41) is 21.2. The van der Waals surface area contributed by atoms with Crippen molar-refractivity contribution in [1.29, 1.82) is 0 Å². The number of nitrogens with zero attached hydrogens (tertiary/aromatic N) is 1. The van der Waals surface area contributed by atoms with E-state index in [0.717, 1.165) is 11.1 Å². The summed E-state index contributed by atoms with van der Waals surface area (Å²) in [6.45, 7) is 1.79. The molecule has 4 nitrogen and oxygen atoms in total. The van der Waals surface area contributed by atoms with Gasteiger partial charge < -0.3 is 15.9 Å². The third-order valence-corrected chi connectivity index (χ3v) is 1.80. The maximum atomic E-state index is 8.92. The molecule has 0 atom stereocenters. The van der Waals surface area contributed by atoms with Gasteiger partial charge in [0.2, 0.25) is 0 Å². The molecule has 0 heterocycles. The Labute approximate surface area is 76.8 Å². The van der Waals surface area contributed by atoms with Crippen LogP contribution < -0.4 is 11.3 Å². The molecule has 0 unspecified atom stereocenters. The van der Waals surface area contributed by atoms with Crippen LogP contribution >= 0.6 is 0 Å². The largest absolute Gasteiger partial charge is 0.488 e. The van der Waals surface area contributed by atoms with E-state index in [1.54, 1.807) is 25.1 Å². The van der Waals surface area contributed by atoms with Crippen LogP contribution in [-0.4, -0.2) is 23.4 Å². The van der Waals surface area contributed by atoms with E-state index in [1.807, 2.05) is 0 Å². The number of hydrazone groups is 1. The lowest BCUT2D eigenvalue weighted by atomic mass is 9.77. The van der Waals surface area contributed by atoms with E-state index in [2.05, 4.69) is 5.10 Å². The minimum absolute atomic E-state index is 0.495. The number of aryl methyl sites for hydroxylation is 1. The Bertz CT molecular complexity index is 326. The summed E-state index contributed by atoms with van der Waals surface area (Å²) in [6, 6.07) is 5.14. The van der Waals surface area contributed by atoms with Gasteiger partial charge >= 0.3 is 7.12 Å². The molecular weight excluding hydrogens is 167 g/mol. The van der Waals surface area contributed by atoms with Crippen LogP contribution in [0.2, 0.25) is 0 Å². The highest BCUT2D eigenvalue weighted by atomic mass is 16.4. The molecule has 0 saturated heterocycles. The van der Waals surface area contributed by atoms with Crippen molar-refractivity contribution in [1.82, 2.24) is 0 Å². The number of nitrogens with two attached hydrogens (primary N) is 1. The molecule has 0 aromatic heterocycles. The molecule has 68 valence electrons. The summed E-state index contributed by atoms with van der Waals surface area (Å²) < 4.78 is 0. The number of hydrogen-bond donors (Lipinski definition) is 3. The van der Waals surface area contributed by atoms with Crippen LogP contribution in [0.1, 0.15) is 11.1 Å². The van der Waals surface area contributed by atoms with Crippen molar-refractivity contribution < 1.29 is 10.0 Å². The molecule has 0 aliphatic rings. The molecule has 1 aromatic carbocycles. The van der Waals surface area contributed by atoms with Crippen LogP contribution in [0.15, 0.2) is 23.3 Å². The van der Waals surface area contributed by atoms with Crippen LogP contribution in [0.5, 0.6) is 0 Å². The maximum absolute atomic E-state index is 8.92. The fourth-order valence-corrected chi connectivity index (χ4v) is 1.15. The van der Waals surface area contributed by atoms with E-state index in [-0.39, 0.29) is 0 Å². The quantitative estimate of drug-likeness (QED) is 0.234. The zero-order valence-electron chi connectivity index (χ0n) is 7.31. The van der Waals surface area contributed by atoms with Crippen molar-refractivity contribution in [2.45, 2.75) is 6.92 Å². The molecule has 1 rings (SSSR count). The molecule has 0 aliphatic carbocycles. The molecule has 4 N–H and O–H groups in total. The highest BCUT2D eigenvalue weighted by molar-refractivity contribution is 6.59. The Hall–Kier alpha value is -1.33. The minimum Gasteiger partial charge on any atom is -0.423 e. The molecule has 0 bridgehead atoms. The molecule has 0 radical (unpaired) electrons. The lowest BCUT2D eigenvalue weighted by Crippen LogP contribution is -2.32. The first-order valence-corrected chi connectivity index (χ1v) is 3.85. The van der Waals surface area contributed by atoms with Gasteiger partial charge in [-0.1, -0.05) is 23.8 Å². The van der Waals surface area contributed by atoms with Gasteiger partial charge in [-0.05, 0) is 17.9 Å². The molecule has 0 fully saturated rings. The Balaban J connectivity index is 3.05. The summed E-state index contributed by atoms with van der Waals surface area (Å²) in [7, 11) is -1.43. The molecule has 0 saturated carbocycles. The van der Waals surface area contributed by atoms with Crippen LogP contribution in [0.4, 0.5) is 0 Å². The van der Waals surface area contributed by atoms with Crippen LogP contribution in [0.3, 0.4) is 0 Å². The fourth-order valence-electron chi connectivity index (χ4n) is 1.15. The molecule has 5 heteroatoms. The second kappa shape index (κ2) is 4.07. The van der Waals surface area contributed by atoms with E-state index < -0.39 is 7.12 Å². The van der Waals surface area contributed by atoms with E-state index in [9.17, 15) is 0 Å². The van der Waals surface area contributed by atoms with Crippen LogP contribution in [-0.2, 0) is 0 Å². The standard InChI is InChI=1S/C8H11BN2O2/c1-6-4-7(5-11-10)2-3-8(6)9(12)13/h2-5,12-13H,10H2,1H3. The highest BCUT2D eigenvalue weighted by Crippen LogP contribution is 1.99. The summed E-state index contributed by atoms with van der Waals surface area (Å²) >= 11 is 0. The van der Waals surface area contributed by atoms with Crippen molar-refractivity contribution in [3.8, 4) is 0 Å². The SMILES string of the molecule is Cc1cc(C=NN)ccc1B(O)O. The van der Waals surface area contributed by atoms with Gasteiger partial charge in [-0.25, -0.2) is 0 Å². The second-order valence-corrected chi connectivity index (χ2v) is 2.77. The molecule has 0 amide bonds. The van der Waals surface area contributed by atoms with Gasteiger partial charge in [-0.15, -0.1) is 0 Å². The van der Waals surface area contributed by atoms with E-state index in [0.29, 0.717) is 5.46 Å². The predicted octanol–water partition coefficient (Wildman–Crippen LogP) is -1.03. The first-order valence-electron chi connectivity index (χ1n) is 3.85. The average Bonchev–Trinajstić information content (AvgIpc) is 2.04. The fraction of sp³-hybridized carbons (Fsp3) is 0.125. The maximum Gasteiger partial charge on any atom is 0.488 e. The van der Waals surface area contributed by atoms with Gasteiger partial charge in [-0.2, -0.15) is 5.10 Å². The van der Waals surface area contributed by atoms with Gasteiger partial charge in [0.1, 0.15) is 0 Å². The second-order valence-electron chi connectivity index (χ2n) is 2.77. The van der Waals surface area contributed by atoms with Crippen molar-refractivity contribution in [2.24, 2.45) is 10.9 Å².